The van der Waals surface area contributed by atoms with Gasteiger partial charge >= 0.3 is 5.97 Å². The molecule has 4 nitrogen and oxygen atoms in total. The number of hydrogen-bond acceptors (Lipinski definition) is 2. The predicted octanol–water partition coefficient (Wildman–Crippen LogP) is 3.44. The molecule has 1 aromatic rings. The molecule has 1 aliphatic rings. The second kappa shape index (κ2) is 7.02. The number of anilines is 1. The summed E-state index contributed by atoms with van der Waals surface area (Å²) in [6, 6.07) is 4.23. The van der Waals surface area contributed by atoms with E-state index in [0.717, 1.165) is 31.8 Å². The lowest BCUT2D eigenvalue weighted by Crippen LogP contribution is -2.24. The number of carbonyl (C=O) groups excluding carboxylic acids is 1. The van der Waals surface area contributed by atoms with E-state index in [1.807, 2.05) is 0 Å². The number of carbonyl (C=O) groups is 2. The molecule has 0 atom stereocenters. The van der Waals surface area contributed by atoms with E-state index in [0.29, 0.717) is 5.69 Å². The highest BCUT2D eigenvalue weighted by Gasteiger charge is 2.21. The molecule has 5 heteroatoms. The molecular weight excluding hydrogens is 273 g/mol. The third kappa shape index (κ3) is 4.41. The van der Waals surface area contributed by atoms with E-state index in [9.17, 15) is 14.0 Å². The first-order valence-electron chi connectivity index (χ1n) is 7.07. The number of halogens is 1. The highest BCUT2D eigenvalue weighted by Crippen LogP contribution is 2.25. The normalized spacial score (nSPS) is 16.0. The molecule has 0 spiro atoms. The summed E-state index contributed by atoms with van der Waals surface area (Å²) in [5, 5.41) is 11.2. The van der Waals surface area contributed by atoms with Gasteiger partial charge in [0.25, 0.3) is 0 Å². The average Bonchev–Trinajstić information content (AvgIpc) is 2.47. The molecule has 0 heterocycles. The molecule has 2 N–H and O–H groups in total. The van der Waals surface area contributed by atoms with Crippen LogP contribution in [-0.2, 0) is 9.59 Å². The van der Waals surface area contributed by atoms with Crippen LogP contribution in [0.15, 0.2) is 24.3 Å². The zero-order chi connectivity index (χ0) is 15.2. The van der Waals surface area contributed by atoms with Crippen molar-refractivity contribution in [1.82, 2.24) is 0 Å². The number of nitrogens with one attached hydrogen (secondary N) is 1. The maximum absolute atomic E-state index is 13.8. The van der Waals surface area contributed by atoms with Gasteiger partial charge in [0.2, 0.25) is 5.91 Å². The minimum absolute atomic E-state index is 0.00777. The van der Waals surface area contributed by atoms with Gasteiger partial charge in [-0.15, -0.1) is 0 Å². The van der Waals surface area contributed by atoms with Gasteiger partial charge in [0.15, 0.2) is 0 Å². The Morgan fingerprint density at radius 1 is 1.24 bits per heavy atom. The van der Waals surface area contributed by atoms with Crippen molar-refractivity contribution in [2.75, 3.05) is 5.32 Å². The standard InChI is InChI=1S/C16H18FNO3/c17-14-10-13(8-6-11(14)7-9-15(19)20)18-16(21)12-4-2-1-3-5-12/h6-10,12H,1-5H2,(H,18,21)(H,19,20). The fraction of sp³-hybridized carbons (Fsp3) is 0.375. The maximum atomic E-state index is 13.8. The fourth-order valence-corrected chi connectivity index (χ4v) is 2.51. The topological polar surface area (TPSA) is 66.4 Å². The van der Waals surface area contributed by atoms with Crippen LogP contribution >= 0.6 is 0 Å². The molecule has 0 radical (unpaired) electrons. The monoisotopic (exact) mass is 291 g/mol. The molecule has 1 saturated carbocycles. The Balaban J connectivity index is 2.02. The molecule has 2 rings (SSSR count). The molecule has 0 aromatic heterocycles. The van der Waals surface area contributed by atoms with E-state index >= 15 is 0 Å². The van der Waals surface area contributed by atoms with Gasteiger partial charge in [0.1, 0.15) is 5.82 Å². The summed E-state index contributed by atoms with van der Waals surface area (Å²) in [6.07, 6.45) is 7.12. The number of carboxylic acids is 1. The van der Waals surface area contributed by atoms with E-state index in [4.69, 9.17) is 5.11 Å². The van der Waals surface area contributed by atoms with Gasteiger partial charge in [-0.05, 0) is 37.1 Å². The Kier molecular flexibility index (Phi) is 5.09. The summed E-state index contributed by atoms with van der Waals surface area (Å²) < 4.78 is 13.8. The smallest absolute Gasteiger partial charge is 0.328 e. The molecule has 0 bridgehead atoms. The van der Waals surface area contributed by atoms with E-state index in [2.05, 4.69) is 5.32 Å². The molecule has 0 saturated heterocycles. The summed E-state index contributed by atoms with van der Waals surface area (Å²) in [7, 11) is 0. The summed E-state index contributed by atoms with van der Waals surface area (Å²) in [5.41, 5.74) is 0.573. The minimum atomic E-state index is -1.14. The molecule has 1 aromatic carbocycles. The van der Waals surface area contributed by atoms with Crippen molar-refractivity contribution in [2.45, 2.75) is 32.1 Å². The van der Waals surface area contributed by atoms with E-state index in [1.165, 1.54) is 24.6 Å². The van der Waals surface area contributed by atoms with Crippen LogP contribution < -0.4 is 5.32 Å². The third-order valence-electron chi connectivity index (χ3n) is 3.65. The van der Waals surface area contributed by atoms with Crippen LogP contribution in [0.3, 0.4) is 0 Å². The second-order valence-corrected chi connectivity index (χ2v) is 5.23. The zero-order valence-electron chi connectivity index (χ0n) is 11.6. The summed E-state index contributed by atoms with van der Waals surface area (Å²) in [4.78, 5) is 22.5. The van der Waals surface area contributed by atoms with Gasteiger partial charge in [0, 0.05) is 23.2 Å². The van der Waals surface area contributed by atoms with Crippen LogP contribution in [-0.4, -0.2) is 17.0 Å². The molecule has 1 aliphatic carbocycles. The van der Waals surface area contributed by atoms with Crippen molar-refractivity contribution < 1.29 is 19.1 Å². The quantitative estimate of drug-likeness (QED) is 0.835. The first-order valence-corrected chi connectivity index (χ1v) is 7.07. The lowest BCUT2D eigenvalue weighted by molar-refractivity contribution is -0.131. The highest BCUT2D eigenvalue weighted by molar-refractivity contribution is 5.92. The second-order valence-electron chi connectivity index (χ2n) is 5.23. The Bertz CT molecular complexity index is 563. The Morgan fingerprint density at radius 3 is 2.57 bits per heavy atom. The van der Waals surface area contributed by atoms with Crippen molar-refractivity contribution in [3.8, 4) is 0 Å². The van der Waals surface area contributed by atoms with Crippen molar-refractivity contribution in [2.24, 2.45) is 5.92 Å². The molecule has 112 valence electrons. The number of hydrogen-bond donors (Lipinski definition) is 2. The van der Waals surface area contributed by atoms with Gasteiger partial charge in [-0.2, -0.15) is 0 Å². The zero-order valence-corrected chi connectivity index (χ0v) is 11.6. The predicted molar refractivity (Wildman–Crippen MR) is 78.3 cm³/mol. The Hall–Kier alpha value is -2.17. The number of benzene rings is 1. The lowest BCUT2D eigenvalue weighted by atomic mass is 9.88. The largest absolute Gasteiger partial charge is 0.478 e. The van der Waals surface area contributed by atoms with Crippen LogP contribution in [0.5, 0.6) is 0 Å². The van der Waals surface area contributed by atoms with E-state index < -0.39 is 11.8 Å². The molecule has 1 fully saturated rings. The lowest BCUT2D eigenvalue weighted by Gasteiger charge is -2.20. The molecule has 1 amide bonds. The van der Waals surface area contributed by atoms with Gasteiger partial charge in [-0.3, -0.25) is 4.79 Å². The Labute approximate surface area is 122 Å². The summed E-state index contributed by atoms with van der Waals surface area (Å²) in [6.45, 7) is 0. The summed E-state index contributed by atoms with van der Waals surface area (Å²) in [5.74, 6) is -1.76. The van der Waals surface area contributed by atoms with Gasteiger partial charge in [0.05, 0.1) is 0 Å². The first kappa shape index (κ1) is 15.2. The maximum Gasteiger partial charge on any atom is 0.328 e. The van der Waals surface area contributed by atoms with Crippen molar-refractivity contribution >= 4 is 23.6 Å². The number of carboxylic acid groups (broad SMARTS) is 1. The average molecular weight is 291 g/mol. The number of aliphatic carboxylic acids is 1. The number of rotatable bonds is 4. The van der Waals surface area contributed by atoms with Crippen LogP contribution in [0.25, 0.3) is 6.08 Å². The van der Waals surface area contributed by atoms with Crippen molar-refractivity contribution in [3.63, 3.8) is 0 Å². The fourth-order valence-electron chi connectivity index (χ4n) is 2.51. The van der Waals surface area contributed by atoms with E-state index in [-0.39, 0.29) is 17.4 Å². The molecule has 0 unspecified atom stereocenters. The summed E-state index contributed by atoms with van der Waals surface area (Å²) >= 11 is 0. The van der Waals surface area contributed by atoms with Gasteiger partial charge in [-0.25, -0.2) is 9.18 Å². The van der Waals surface area contributed by atoms with Crippen LogP contribution in [0, 0.1) is 11.7 Å². The molecule has 0 aliphatic heterocycles. The highest BCUT2D eigenvalue weighted by atomic mass is 19.1. The van der Waals surface area contributed by atoms with Crippen LogP contribution in [0.2, 0.25) is 0 Å². The van der Waals surface area contributed by atoms with Gasteiger partial charge < -0.3 is 10.4 Å². The van der Waals surface area contributed by atoms with Crippen molar-refractivity contribution in [1.29, 1.82) is 0 Å². The van der Waals surface area contributed by atoms with Crippen LogP contribution in [0.4, 0.5) is 10.1 Å². The first-order chi connectivity index (χ1) is 10.1. The third-order valence-corrected chi connectivity index (χ3v) is 3.65. The molecular formula is C16H18FNO3. The number of amides is 1. The van der Waals surface area contributed by atoms with Crippen molar-refractivity contribution in [3.05, 3.63) is 35.7 Å². The van der Waals surface area contributed by atoms with Crippen LogP contribution in [0.1, 0.15) is 37.7 Å². The van der Waals surface area contributed by atoms with Gasteiger partial charge in [-0.1, -0.05) is 19.3 Å². The molecule has 21 heavy (non-hydrogen) atoms. The minimum Gasteiger partial charge on any atom is -0.478 e. The van der Waals surface area contributed by atoms with E-state index in [1.54, 1.807) is 6.07 Å². The SMILES string of the molecule is O=C(O)C=Cc1ccc(NC(=O)C2CCCCC2)cc1F. The Morgan fingerprint density at radius 2 is 1.95 bits per heavy atom.